The van der Waals surface area contributed by atoms with Gasteiger partial charge in [-0.3, -0.25) is 0 Å². The molecule has 0 N–H and O–H groups in total. The Morgan fingerprint density at radius 1 is 0.309 bits per heavy atom. The lowest BCUT2D eigenvalue weighted by Gasteiger charge is -2.23. The first-order valence-electron chi connectivity index (χ1n) is 18.9. The van der Waals surface area contributed by atoms with Gasteiger partial charge in [0.15, 0.2) is 17.5 Å². The van der Waals surface area contributed by atoms with Crippen LogP contribution in [0.15, 0.2) is 176 Å². The molecular formula is C52H35N3. The van der Waals surface area contributed by atoms with E-state index in [1.807, 2.05) is 36.4 Å². The second-order valence-corrected chi connectivity index (χ2v) is 15.2. The zero-order valence-corrected chi connectivity index (χ0v) is 30.6. The van der Waals surface area contributed by atoms with Crippen LogP contribution in [-0.2, 0) is 5.41 Å². The maximum absolute atomic E-state index is 5.05. The van der Waals surface area contributed by atoms with Gasteiger partial charge < -0.3 is 0 Å². The molecule has 55 heavy (non-hydrogen) atoms. The fraction of sp³-hybridized carbons (Fsp3) is 0.0577. The van der Waals surface area contributed by atoms with Gasteiger partial charge in [0.2, 0.25) is 0 Å². The van der Waals surface area contributed by atoms with E-state index in [0.29, 0.717) is 17.5 Å². The minimum atomic E-state index is -0.246. The topological polar surface area (TPSA) is 38.7 Å². The summed E-state index contributed by atoms with van der Waals surface area (Å²) in [6.07, 6.45) is 0. The first kappa shape index (κ1) is 31.5. The van der Waals surface area contributed by atoms with E-state index in [1.165, 1.54) is 76.5 Å². The highest BCUT2D eigenvalue weighted by atomic mass is 15.0. The highest BCUT2D eigenvalue weighted by Gasteiger charge is 2.36. The molecule has 0 amide bonds. The van der Waals surface area contributed by atoms with Crippen molar-refractivity contribution >= 4 is 43.1 Å². The zero-order valence-electron chi connectivity index (χ0n) is 30.6. The summed E-state index contributed by atoms with van der Waals surface area (Å²) in [6, 6.07) is 63.2. The molecular weight excluding hydrogens is 667 g/mol. The number of benzene rings is 9. The van der Waals surface area contributed by atoms with Crippen LogP contribution in [0.25, 0.3) is 99.5 Å². The molecule has 1 aliphatic carbocycles. The molecule has 258 valence electrons. The summed E-state index contributed by atoms with van der Waals surface area (Å²) >= 11 is 0. The van der Waals surface area contributed by atoms with Crippen molar-refractivity contribution < 1.29 is 0 Å². The number of nitrogens with zero attached hydrogens (tertiary/aromatic N) is 3. The van der Waals surface area contributed by atoms with Gasteiger partial charge in [-0.05, 0) is 94.7 Å². The molecule has 1 aromatic heterocycles. The average Bonchev–Trinajstić information content (AvgIpc) is 3.48. The lowest BCUT2D eigenvalue weighted by atomic mass is 9.80. The SMILES string of the molecule is CC1(C)c2cc(-c3nc(-c4ccccc4)nc(-c4ccccc4)n3)ccc2-c2ccc(-c3cc4c5ccccc5c5ccccc5c4c4ccccc34)cc21. The fourth-order valence-corrected chi connectivity index (χ4v) is 8.99. The molecule has 1 aliphatic rings. The van der Waals surface area contributed by atoms with Crippen LogP contribution in [-0.4, -0.2) is 15.0 Å². The lowest BCUT2D eigenvalue weighted by molar-refractivity contribution is 0.661. The summed E-state index contributed by atoms with van der Waals surface area (Å²) in [6.45, 7) is 4.70. The van der Waals surface area contributed by atoms with E-state index in [0.717, 1.165) is 16.7 Å². The van der Waals surface area contributed by atoms with Crippen molar-refractivity contribution in [1.82, 2.24) is 15.0 Å². The van der Waals surface area contributed by atoms with Crippen LogP contribution in [0.1, 0.15) is 25.0 Å². The van der Waals surface area contributed by atoms with Crippen molar-refractivity contribution in [1.29, 1.82) is 0 Å². The van der Waals surface area contributed by atoms with Crippen LogP contribution in [0, 0.1) is 0 Å². The van der Waals surface area contributed by atoms with Gasteiger partial charge in [0.05, 0.1) is 0 Å². The Labute approximate surface area is 319 Å². The number of hydrogen-bond acceptors (Lipinski definition) is 3. The van der Waals surface area contributed by atoms with E-state index in [1.54, 1.807) is 0 Å². The van der Waals surface area contributed by atoms with E-state index in [2.05, 4.69) is 153 Å². The summed E-state index contributed by atoms with van der Waals surface area (Å²) in [5.74, 6) is 2.01. The van der Waals surface area contributed by atoms with E-state index in [9.17, 15) is 0 Å². The van der Waals surface area contributed by atoms with E-state index in [4.69, 9.17) is 15.0 Å². The minimum absolute atomic E-state index is 0.246. The van der Waals surface area contributed by atoms with Crippen LogP contribution in [0.5, 0.6) is 0 Å². The van der Waals surface area contributed by atoms with Gasteiger partial charge in [-0.15, -0.1) is 0 Å². The van der Waals surface area contributed by atoms with Crippen molar-refractivity contribution in [2.45, 2.75) is 19.3 Å². The Balaban J connectivity index is 1.07. The summed E-state index contributed by atoms with van der Waals surface area (Å²) < 4.78 is 0. The number of hydrogen-bond donors (Lipinski definition) is 0. The Morgan fingerprint density at radius 2 is 0.709 bits per heavy atom. The predicted octanol–water partition coefficient (Wildman–Crippen LogP) is 13.5. The minimum Gasteiger partial charge on any atom is -0.208 e. The van der Waals surface area contributed by atoms with Crippen LogP contribution < -0.4 is 0 Å². The van der Waals surface area contributed by atoms with Crippen LogP contribution in [0.2, 0.25) is 0 Å². The zero-order chi connectivity index (χ0) is 36.7. The largest absolute Gasteiger partial charge is 0.208 e. The highest BCUT2D eigenvalue weighted by molar-refractivity contribution is 6.33. The van der Waals surface area contributed by atoms with E-state index in [-0.39, 0.29) is 5.41 Å². The molecule has 0 unspecified atom stereocenters. The van der Waals surface area contributed by atoms with Crippen LogP contribution in [0.4, 0.5) is 0 Å². The van der Waals surface area contributed by atoms with E-state index >= 15 is 0 Å². The van der Waals surface area contributed by atoms with Gasteiger partial charge in [-0.25, -0.2) is 15.0 Å². The molecule has 10 aromatic rings. The third-order valence-electron chi connectivity index (χ3n) is 11.7. The second-order valence-electron chi connectivity index (χ2n) is 15.2. The summed E-state index contributed by atoms with van der Waals surface area (Å²) in [5, 5.41) is 10.3. The van der Waals surface area contributed by atoms with Gasteiger partial charge >= 0.3 is 0 Å². The van der Waals surface area contributed by atoms with Crippen molar-refractivity contribution in [2.75, 3.05) is 0 Å². The molecule has 0 fully saturated rings. The Bertz CT molecular complexity index is 3110. The van der Waals surface area contributed by atoms with Crippen molar-refractivity contribution in [3.63, 3.8) is 0 Å². The second kappa shape index (κ2) is 12.0. The first-order valence-corrected chi connectivity index (χ1v) is 18.9. The molecule has 0 bridgehead atoms. The molecule has 0 spiro atoms. The predicted molar refractivity (Wildman–Crippen MR) is 229 cm³/mol. The molecule has 0 saturated heterocycles. The monoisotopic (exact) mass is 701 g/mol. The molecule has 11 rings (SSSR count). The van der Waals surface area contributed by atoms with Gasteiger partial charge in [0, 0.05) is 22.1 Å². The number of fused-ring (bicyclic) bond motifs is 11. The first-order chi connectivity index (χ1) is 27.0. The third-order valence-corrected chi connectivity index (χ3v) is 11.7. The molecule has 9 aromatic carbocycles. The third kappa shape index (κ3) is 4.86. The fourth-order valence-electron chi connectivity index (χ4n) is 8.99. The summed E-state index contributed by atoms with van der Waals surface area (Å²) in [7, 11) is 0. The van der Waals surface area contributed by atoms with Crippen molar-refractivity contribution in [2.24, 2.45) is 0 Å². The maximum Gasteiger partial charge on any atom is 0.164 e. The highest BCUT2D eigenvalue weighted by Crippen LogP contribution is 2.51. The maximum atomic E-state index is 5.05. The smallest absolute Gasteiger partial charge is 0.164 e. The van der Waals surface area contributed by atoms with Crippen LogP contribution >= 0.6 is 0 Å². The normalized spacial score (nSPS) is 13.1. The Hall–Kier alpha value is -6.97. The summed E-state index contributed by atoms with van der Waals surface area (Å²) in [5.41, 5.74) is 10.3. The molecule has 3 nitrogen and oxygen atoms in total. The van der Waals surface area contributed by atoms with Crippen LogP contribution in [0.3, 0.4) is 0 Å². The number of rotatable bonds is 4. The molecule has 0 saturated carbocycles. The van der Waals surface area contributed by atoms with Gasteiger partial charge in [0.25, 0.3) is 0 Å². The molecule has 0 aliphatic heterocycles. The molecule has 0 atom stereocenters. The Kier molecular flexibility index (Phi) is 6.90. The molecule has 1 heterocycles. The van der Waals surface area contributed by atoms with Gasteiger partial charge in [-0.1, -0.05) is 172 Å². The summed E-state index contributed by atoms with van der Waals surface area (Å²) in [4.78, 5) is 15.0. The average molecular weight is 702 g/mol. The Morgan fingerprint density at radius 3 is 1.27 bits per heavy atom. The quantitative estimate of drug-likeness (QED) is 0.171. The van der Waals surface area contributed by atoms with Crippen molar-refractivity contribution in [3.8, 4) is 56.4 Å². The standard InChI is InChI=1S/C52H35N3/c1-52(2)46-29-34(44-31-45-38-21-10-9-19-36(38)37-20-11-13-23-42(37)48(45)43-24-14-12-22-39(43)44)25-27-40(46)41-28-26-35(30-47(41)52)51-54-49(32-15-5-3-6-16-32)53-50(55-51)33-17-7-4-8-18-33/h3-31H,1-2H3. The van der Waals surface area contributed by atoms with Crippen molar-refractivity contribution in [3.05, 3.63) is 187 Å². The van der Waals surface area contributed by atoms with E-state index < -0.39 is 0 Å². The lowest BCUT2D eigenvalue weighted by Crippen LogP contribution is -2.15. The van der Waals surface area contributed by atoms with Gasteiger partial charge in [-0.2, -0.15) is 0 Å². The molecule has 0 radical (unpaired) electrons. The van der Waals surface area contributed by atoms with Gasteiger partial charge in [0.1, 0.15) is 0 Å². The molecule has 3 heteroatoms. The number of aromatic nitrogens is 3.